The van der Waals surface area contributed by atoms with Gasteiger partial charge in [0.2, 0.25) is 5.95 Å². The number of amides is 1. The SMILES string of the molecule is CN(C)c1nccc(C2CN(C(=O)c3cc4ccccc4o3)CCO2)n1. The number of fused-ring (bicyclic) bond motifs is 1. The Morgan fingerprint density at radius 2 is 2.12 bits per heavy atom. The minimum atomic E-state index is -0.279. The van der Waals surface area contributed by atoms with Gasteiger partial charge in [-0.05, 0) is 18.2 Å². The molecule has 1 atom stereocenters. The Balaban J connectivity index is 1.54. The maximum atomic E-state index is 12.9. The highest BCUT2D eigenvalue weighted by molar-refractivity contribution is 5.96. The van der Waals surface area contributed by atoms with E-state index in [2.05, 4.69) is 9.97 Å². The molecule has 1 aromatic carbocycles. The van der Waals surface area contributed by atoms with E-state index in [1.165, 1.54) is 0 Å². The van der Waals surface area contributed by atoms with Crippen LogP contribution >= 0.6 is 0 Å². The molecule has 1 saturated heterocycles. The van der Waals surface area contributed by atoms with Crippen LogP contribution in [0, 0.1) is 0 Å². The van der Waals surface area contributed by atoms with Crippen LogP contribution < -0.4 is 4.90 Å². The highest BCUT2D eigenvalue weighted by Crippen LogP contribution is 2.25. The summed E-state index contributed by atoms with van der Waals surface area (Å²) in [6.07, 6.45) is 1.43. The van der Waals surface area contributed by atoms with Crippen LogP contribution in [-0.2, 0) is 4.74 Å². The van der Waals surface area contributed by atoms with E-state index in [1.807, 2.05) is 49.3 Å². The largest absolute Gasteiger partial charge is 0.451 e. The number of hydrogen-bond donors (Lipinski definition) is 0. The van der Waals surface area contributed by atoms with Crippen LogP contribution in [0.1, 0.15) is 22.4 Å². The molecule has 134 valence electrons. The standard InChI is InChI=1S/C19H20N4O3/c1-22(2)19-20-8-7-14(21-19)17-12-23(9-10-25-17)18(24)16-11-13-5-3-4-6-15(13)26-16/h3-8,11,17H,9-10,12H2,1-2H3. The number of furan rings is 1. The van der Waals surface area contributed by atoms with E-state index in [1.54, 1.807) is 17.2 Å². The van der Waals surface area contributed by atoms with Gasteiger partial charge in [0.1, 0.15) is 11.7 Å². The van der Waals surface area contributed by atoms with Crippen LogP contribution in [0.5, 0.6) is 0 Å². The van der Waals surface area contributed by atoms with Gasteiger partial charge in [0.15, 0.2) is 5.76 Å². The highest BCUT2D eigenvalue weighted by Gasteiger charge is 2.29. The van der Waals surface area contributed by atoms with Gasteiger partial charge in [-0.2, -0.15) is 0 Å². The van der Waals surface area contributed by atoms with Crippen molar-refractivity contribution >= 4 is 22.8 Å². The van der Waals surface area contributed by atoms with Gasteiger partial charge in [0.05, 0.1) is 18.8 Å². The number of morpholine rings is 1. The molecule has 3 heterocycles. The Bertz CT molecular complexity index is 904. The first-order valence-corrected chi connectivity index (χ1v) is 8.51. The molecule has 1 aliphatic heterocycles. The molecular weight excluding hydrogens is 332 g/mol. The zero-order valence-electron chi connectivity index (χ0n) is 14.8. The number of rotatable bonds is 3. The van der Waals surface area contributed by atoms with Crippen molar-refractivity contribution < 1.29 is 13.9 Å². The number of hydrogen-bond acceptors (Lipinski definition) is 6. The number of benzene rings is 1. The van der Waals surface area contributed by atoms with Gasteiger partial charge >= 0.3 is 0 Å². The van der Waals surface area contributed by atoms with Gasteiger partial charge in [0, 0.05) is 32.2 Å². The first kappa shape index (κ1) is 16.5. The Hall–Kier alpha value is -2.93. The summed E-state index contributed by atoms with van der Waals surface area (Å²) in [6, 6.07) is 11.2. The summed E-state index contributed by atoms with van der Waals surface area (Å²) in [5.74, 6) is 0.840. The zero-order chi connectivity index (χ0) is 18.1. The lowest BCUT2D eigenvalue weighted by Gasteiger charge is -2.32. The minimum absolute atomic E-state index is 0.128. The van der Waals surface area contributed by atoms with E-state index < -0.39 is 0 Å². The fraction of sp³-hybridized carbons (Fsp3) is 0.316. The van der Waals surface area contributed by atoms with Gasteiger partial charge in [-0.25, -0.2) is 9.97 Å². The fourth-order valence-electron chi connectivity index (χ4n) is 3.01. The number of para-hydroxylation sites is 1. The Labute approximate surface area is 151 Å². The van der Waals surface area contributed by atoms with Crippen molar-refractivity contribution in [2.45, 2.75) is 6.10 Å². The lowest BCUT2D eigenvalue weighted by atomic mass is 10.2. The maximum absolute atomic E-state index is 12.9. The minimum Gasteiger partial charge on any atom is -0.451 e. The summed E-state index contributed by atoms with van der Waals surface area (Å²) < 4.78 is 11.6. The molecule has 0 spiro atoms. The van der Waals surface area contributed by atoms with E-state index >= 15 is 0 Å². The monoisotopic (exact) mass is 352 g/mol. The second-order valence-electron chi connectivity index (χ2n) is 6.44. The molecule has 0 radical (unpaired) electrons. The average molecular weight is 352 g/mol. The number of aromatic nitrogens is 2. The van der Waals surface area contributed by atoms with Crippen LogP contribution in [0.2, 0.25) is 0 Å². The van der Waals surface area contributed by atoms with Gasteiger partial charge in [-0.15, -0.1) is 0 Å². The third-order valence-corrected chi connectivity index (χ3v) is 4.38. The lowest BCUT2D eigenvalue weighted by molar-refractivity contribution is -0.0256. The molecule has 1 amide bonds. The van der Waals surface area contributed by atoms with Crippen molar-refractivity contribution in [2.24, 2.45) is 0 Å². The summed E-state index contributed by atoms with van der Waals surface area (Å²) in [6.45, 7) is 1.41. The summed E-state index contributed by atoms with van der Waals surface area (Å²) in [5.41, 5.74) is 1.48. The molecule has 0 bridgehead atoms. The first-order valence-electron chi connectivity index (χ1n) is 8.51. The number of anilines is 1. The van der Waals surface area contributed by atoms with Gasteiger partial charge in [-0.1, -0.05) is 18.2 Å². The fourth-order valence-corrected chi connectivity index (χ4v) is 3.01. The summed E-state index contributed by atoms with van der Waals surface area (Å²) in [4.78, 5) is 25.2. The van der Waals surface area contributed by atoms with Crippen LogP contribution in [-0.4, -0.2) is 54.6 Å². The number of carbonyl (C=O) groups excluding carboxylic acids is 1. The van der Waals surface area contributed by atoms with Crippen LogP contribution in [0.25, 0.3) is 11.0 Å². The normalized spacial score (nSPS) is 17.5. The quantitative estimate of drug-likeness (QED) is 0.721. The van der Waals surface area contributed by atoms with Crippen LogP contribution in [0.3, 0.4) is 0 Å². The predicted molar refractivity (Wildman–Crippen MR) is 97.2 cm³/mol. The van der Waals surface area contributed by atoms with Crippen molar-refractivity contribution in [1.29, 1.82) is 0 Å². The molecule has 2 aromatic heterocycles. The van der Waals surface area contributed by atoms with E-state index in [0.29, 0.717) is 37.0 Å². The van der Waals surface area contributed by atoms with E-state index in [4.69, 9.17) is 9.15 Å². The van der Waals surface area contributed by atoms with E-state index in [-0.39, 0.29) is 12.0 Å². The molecule has 0 saturated carbocycles. The molecule has 7 nitrogen and oxygen atoms in total. The highest BCUT2D eigenvalue weighted by atomic mass is 16.5. The zero-order valence-corrected chi connectivity index (χ0v) is 14.8. The third kappa shape index (κ3) is 3.13. The van der Waals surface area contributed by atoms with Crippen molar-refractivity contribution in [3.63, 3.8) is 0 Å². The Morgan fingerprint density at radius 3 is 2.92 bits per heavy atom. The van der Waals surface area contributed by atoms with Crippen molar-refractivity contribution in [2.75, 3.05) is 38.7 Å². The van der Waals surface area contributed by atoms with Gasteiger partial charge < -0.3 is 19.0 Å². The summed E-state index contributed by atoms with van der Waals surface area (Å²) in [5, 5.41) is 0.923. The maximum Gasteiger partial charge on any atom is 0.289 e. The van der Waals surface area contributed by atoms with Crippen molar-refractivity contribution in [1.82, 2.24) is 14.9 Å². The smallest absolute Gasteiger partial charge is 0.289 e. The number of nitrogens with zero attached hydrogens (tertiary/aromatic N) is 4. The predicted octanol–water partition coefficient (Wildman–Crippen LogP) is 2.50. The number of ether oxygens (including phenoxy) is 1. The lowest BCUT2D eigenvalue weighted by Crippen LogP contribution is -2.42. The van der Waals surface area contributed by atoms with E-state index in [0.717, 1.165) is 11.1 Å². The Morgan fingerprint density at radius 1 is 1.27 bits per heavy atom. The van der Waals surface area contributed by atoms with E-state index in [9.17, 15) is 4.79 Å². The molecule has 0 N–H and O–H groups in total. The Kier molecular flexibility index (Phi) is 4.30. The van der Waals surface area contributed by atoms with Crippen molar-refractivity contribution in [3.8, 4) is 0 Å². The molecule has 3 aromatic rings. The summed E-state index contributed by atoms with van der Waals surface area (Å²) in [7, 11) is 3.77. The molecule has 1 fully saturated rings. The second kappa shape index (κ2) is 6.76. The molecule has 4 rings (SSSR count). The molecule has 7 heteroatoms. The molecule has 0 aliphatic carbocycles. The molecule has 1 unspecified atom stereocenters. The molecular formula is C19H20N4O3. The summed E-state index contributed by atoms with van der Waals surface area (Å²) >= 11 is 0. The van der Waals surface area contributed by atoms with Crippen molar-refractivity contribution in [3.05, 3.63) is 54.0 Å². The molecule has 26 heavy (non-hydrogen) atoms. The third-order valence-electron chi connectivity index (χ3n) is 4.38. The average Bonchev–Trinajstić information content (AvgIpc) is 3.12. The second-order valence-corrected chi connectivity index (χ2v) is 6.44. The topological polar surface area (TPSA) is 71.7 Å². The first-order chi connectivity index (χ1) is 12.6. The van der Waals surface area contributed by atoms with Crippen LogP contribution in [0.15, 0.2) is 47.0 Å². The number of carbonyl (C=O) groups is 1. The van der Waals surface area contributed by atoms with Gasteiger partial charge in [-0.3, -0.25) is 4.79 Å². The van der Waals surface area contributed by atoms with Gasteiger partial charge in [0.25, 0.3) is 5.91 Å². The molecule has 1 aliphatic rings. The van der Waals surface area contributed by atoms with Crippen LogP contribution in [0.4, 0.5) is 5.95 Å².